The lowest BCUT2D eigenvalue weighted by molar-refractivity contribution is -0.152. The summed E-state index contributed by atoms with van der Waals surface area (Å²) < 4.78 is 4.91. The summed E-state index contributed by atoms with van der Waals surface area (Å²) in [5, 5.41) is 0.213. The van der Waals surface area contributed by atoms with Crippen LogP contribution in [0, 0.1) is 0 Å². The second kappa shape index (κ2) is 6.66. The van der Waals surface area contributed by atoms with Crippen molar-refractivity contribution in [2.24, 2.45) is 5.73 Å². The van der Waals surface area contributed by atoms with Crippen molar-refractivity contribution in [2.75, 3.05) is 0 Å². The maximum absolute atomic E-state index is 11.7. The number of carbonyl (C=O) groups excluding carboxylic acids is 2. The summed E-state index contributed by atoms with van der Waals surface area (Å²) >= 11 is 7.09. The molecule has 0 spiro atoms. The average Bonchev–Trinajstić information content (AvgIpc) is 2.31. The van der Waals surface area contributed by atoms with E-state index < -0.39 is 23.2 Å². The van der Waals surface area contributed by atoms with Gasteiger partial charge in [-0.15, -0.1) is 11.8 Å². The molecule has 18 heavy (non-hydrogen) atoms. The number of nitrogens with two attached hydrogens (primary N) is 1. The monoisotopic (exact) mass is 287 g/mol. The fourth-order valence-electron chi connectivity index (χ4n) is 1.09. The zero-order chi connectivity index (χ0) is 13.7. The van der Waals surface area contributed by atoms with Crippen LogP contribution < -0.4 is 5.73 Å². The Kier molecular flexibility index (Phi) is 5.50. The fraction of sp³-hybridized carbons (Fsp3) is 0.333. The Morgan fingerprint density at radius 3 is 2.33 bits per heavy atom. The quantitative estimate of drug-likeness (QED) is 0.666. The van der Waals surface area contributed by atoms with Crippen LogP contribution in [0.3, 0.4) is 0 Å². The third-order valence-electron chi connectivity index (χ3n) is 2.15. The SMILES string of the molecule is C[C@H](OC(=O)[C@@H](C)Sc1ccc(Cl)cc1)C(N)=O. The summed E-state index contributed by atoms with van der Waals surface area (Å²) in [6.07, 6.45) is -0.911. The minimum absolute atomic E-state index is 0.423. The Labute approximate surface area is 115 Å². The molecular formula is C12H14ClNO3S. The molecule has 0 aliphatic carbocycles. The van der Waals surface area contributed by atoms with Gasteiger partial charge in [0.05, 0.1) is 0 Å². The van der Waals surface area contributed by atoms with Crippen LogP contribution in [0.2, 0.25) is 5.02 Å². The number of hydrogen-bond acceptors (Lipinski definition) is 4. The van der Waals surface area contributed by atoms with Crippen molar-refractivity contribution in [1.29, 1.82) is 0 Å². The molecule has 6 heteroatoms. The van der Waals surface area contributed by atoms with Crippen molar-refractivity contribution in [3.63, 3.8) is 0 Å². The highest BCUT2D eigenvalue weighted by Crippen LogP contribution is 2.25. The van der Waals surface area contributed by atoms with E-state index in [2.05, 4.69) is 0 Å². The van der Waals surface area contributed by atoms with Gasteiger partial charge in [0, 0.05) is 9.92 Å². The molecular weight excluding hydrogens is 274 g/mol. The van der Waals surface area contributed by atoms with Gasteiger partial charge in [-0.2, -0.15) is 0 Å². The van der Waals surface area contributed by atoms with E-state index in [-0.39, 0.29) is 0 Å². The van der Waals surface area contributed by atoms with Gasteiger partial charge in [-0.1, -0.05) is 11.6 Å². The largest absolute Gasteiger partial charge is 0.452 e. The number of benzene rings is 1. The minimum atomic E-state index is -0.911. The molecule has 0 fully saturated rings. The molecule has 0 aliphatic heterocycles. The summed E-state index contributed by atoms with van der Waals surface area (Å²) in [6.45, 7) is 3.15. The molecule has 0 bridgehead atoms. The lowest BCUT2D eigenvalue weighted by Gasteiger charge is -2.14. The van der Waals surface area contributed by atoms with Crippen LogP contribution in [0.25, 0.3) is 0 Å². The molecule has 1 aromatic rings. The Morgan fingerprint density at radius 1 is 1.28 bits per heavy atom. The first-order valence-corrected chi connectivity index (χ1v) is 6.58. The van der Waals surface area contributed by atoms with E-state index in [1.165, 1.54) is 18.7 Å². The van der Waals surface area contributed by atoms with Gasteiger partial charge < -0.3 is 10.5 Å². The summed E-state index contributed by atoms with van der Waals surface area (Å²) in [6, 6.07) is 7.12. The zero-order valence-electron chi connectivity index (χ0n) is 10.1. The number of primary amides is 1. The van der Waals surface area contributed by atoms with Crippen LogP contribution in [0.5, 0.6) is 0 Å². The van der Waals surface area contributed by atoms with E-state index >= 15 is 0 Å². The topological polar surface area (TPSA) is 69.4 Å². The van der Waals surface area contributed by atoms with Crippen LogP contribution in [0.4, 0.5) is 0 Å². The molecule has 0 saturated heterocycles. The Bertz CT molecular complexity index is 435. The van der Waals surface area contributed by atoms with Gasteiger partial charge in [0.1, 0.15) is 5.25 Å². The third-order valence-corrected chi connectivity index (χ3v) is 3.49. The van der Waals surface area contributed by atoms with E-state index in [0.29, 0.717) is 5.02 Å². The smallest absolute Gasteiger partial charge is 0.319 e. The number of carbonyl (C=O) groups is 2. The molecule has 2 atom stereocenters. The van der Waals surface area contributed by atoms with Crippen molar-refractivity contribution in [1.82, 2.24) is 0 Å². The van der Waals surface area contributed by atoms with Crippen LogP contribution in [0.15, 0.2) is 29.2 Å². The van der Waals surface area contributed by atoms with Crippen molar-refractivity contribution in [3.05, 3.63) is 29.3 Å². The second-order valence-corrected chi connectivity index (χ2v) is 5.55. The molecule has 1 amide bonds. The van der Waals surface area contributed by atoms with E-state index in [9.17, 15) is 9.59 Å². The molecule has 98 valence electrons. The number of halogens is 1. The second-order valence-electron chi connectivity index (χ2n) is 3.70. The lowest BCUT2D eigenvalue weighted by Crippen LogP contribution is -2.32. The van der Waals surface area contributed by atoms with Gasteiger partial charge in [-0.25, -0.2) is 0 Å². The highest BCUT2D eigenvalue weighted by atomic mass is 35.5. The molecule has 0 radical (unpaired) electrons. The summed E-state index contributed by atoms with van der Waals surface area (Å²) in [5.74, 6) is -1.13. The van der Waals surface area contributed by atoms with E-state index in [1.54, 1.807) is 19.1 Å². The number of amides is 1. The number of ether oxygens (including phenoxy) is 1. The number of rotatable bonds is 5. The molecule has 0 saturated carbocycles. The van der Waals surface area contributed by atoms with Crippen LogP contribution >= 0.6 is 23.4 Å². The standard InChI is InChI=1S/C12H14ClNO3S/c1-7(11(14)15)17-12(16)8(2)18-10-5-3-9(13)4-6-10/h3-8H,1-2H3,(H2,14,15)/t7-,8+/m0/s1. The Balaban J connectivity index is 2.54. The maximum Gasteiger partial charge on any atom is 0.319 e. The predicted octanol–water partition coefficient (Wildman–Crippen LogP) is 2.24. The third kappa shape index (κ3) is 4.58. The number of thioether (sulfide) groups is 1. The van der Waals surface area contributed by atoms with Gasteiger partial charge in [0.2, 0.25) is 0 Å². The predicted molar refractivity (Wildman–Crippen MR) is 71.5 cm³/mol. The van der Waals surface area contributed by atoms with Crippen LogP contribution in [-0.2, 0) is 14.3 Å². The van der Waals surface area contributed by atoms with Gasteiger partial charge in [0.25, 0.3) is 5.91 Å². The highest BCUT2D eigenvalue weighted by molar-refractivity contribution is 8.00. The molecule has 0 unspecified atom stereocenters. The van der Waals surface area contributed by atoms with Crippen molar-refractivity contribution >= 4 is 35.2 Å². The van der Waals surface area contributed by atoms with Crippen molar-refractivity contribution in [2.45, 2.75) is 30.1 Å². The van der Waals surface area contributed by atoms with E-state index in [0.717, 1.165) is 4.90 Å². The van der Waals surface area contributed by atoms with E-state index in [1.807, 2.05) is 12.1 Å². The summed E-state index contributed by atoms with van der Waals surface area (Å²) in [4.78, 5) is 23.3. The van der Waals surface area contributed by atoms with Gasteiger partial charge in [-0.3, -0.25) is 9.59 Å². The van der Waals surface area contributed by atoms with Crippen LogP contribution in [0.1, 0.15) is 13.8 Å². The molecule has 2 N–H and O–H groups in total. The normalized spacial score (nSPS) is 13.7. The van der Waals surface area contributed by atoms with Gasteiger partial charge in [-0.05, 0) is 38.1 Å². The lowest BCUT2D eigenvalue weighted by atomic mass is 10.4. The fourth-order valence-corrected chi connectivity index (χ4v) is 2.07. The van der Waals surface area contributed by atoms with Crippen molar-refractivity contribution < 1.29 is 14.3 Å². The van der Waals surface area contributed by atoms with Gasteiger partial charge in [0.15, 0.2) is 6.10 Å². The molecule has 0 aromatic heterocycles. The van der Waals surface area contributed by atoms with Crippen LogP contribution in [-0.4, -0.2) is 23.2 Å². The first kappa shape index (κ1) is 14.9. The molecule has 1 rings (SSSR count). The van der Waals surface area contributed by atoms with E-state index in [4.69, 9.17) is 22.1 Å². The molecule has 0 aliphatic rings. The first-order valence-electron chi connectivity index (χ1n) is 5.32. The number of esters is 1. The average molecular weight is 288 g/mol. The number of hydrogen-bond donors (Lipinski definition) is 1. The highest BCUT2D eigenvalue weighted by Gasteiger charge is 2.20. The Morgan fingerprint density at radius 2 is 1.83 bits per heavy atom. The summed E-state index contributed by atoms with van der Waals surface area (Å²) in [5.41, 5.74) is 5.02. The van der Waals surface area contributed by atoms with Crippen molar-refractivity contribution in [3.8, 4) is 0 Å². The summed E-state index contributed by atoms with van der Waals surface area (Å²) in [7, 11) is 0. The molecule has 4 nitrogen and oxygen atoms in total. The zero-order valence-corrected chi connectivity index (χ0v) is 11.6. The Hall–Kier alpha value is -1.20. The first-order chi connectivity index (χ1) is 8.40. The molecule has 1 aromatic carbocycles. The van der Waals surface area contributed by atoms with Gasteiger partial charge >= 0.3 is 5.97 Å². The molecule has 0 heterocycles. The minimum Gasteiger partial charge on any atom is -0.452 e. The maximum atomic E-state index is 11.7.